The third-order valence-electron chi connectivity index (χ3n) is 4.85. The molecule has 1 aromatic carbocycles. The van der Waals surface area contributed by atoms with Gasteiger partial charge in [-0.3, -0.25) is 9.59 Å². The van der Waals surface area contributed by atoms with E-state index in [1.54, 1.807) is 0 Å². The lowest BCUT2D eigenvalue weighted by atomic mass is 9.81. The Morgan fingerprint density at radius 2 is 1.75 bits per heavy atom. The van der Waals surface area contributed by atoms with E-state index in [4.69, 9.17) is 0 Å². The molecule has 0 spiro atoms. The highest BCUT2D eigenvalue weighted by molar-refractivity contribution is 9.10. The maximum absolute atomic E-state index is 12.5. The lowest BCUT2D eigenvalue weighted by molar-refractivity contribution is -0.129. The standard InChI is InChI=1S/C19H27BrN2O2/c1-4-13(3)21-18(23)14-6-8-15(9-7-14)19(24)22-17-10-5-12(2)11-16(17)20/h5,10-11,13-15H,4,6-9H2,1-3H3,(H,21,23)(H,22,24). The van der Waals surface area contributed by atoms with Gasteiger partial charge in [0.2, 0.25) is 11.8 Å². The van der Waals surface area contributed by atoms with Crippen molar-refractivity contribution in [1.82, 2.24) is 5.32 Å². The van der Waals surface area contributed by atoms with E-state index in [0.717, 1.165) is 47.8 Å². The number of anilines is 1. The Balaban J connectivity index is 1.85. The summed E-state index contributed by atoms with van der Waals surface area (Å²) >= 11 is 3.49. The molecule has 1 unspecified atom stereocenters. The number of hydrogen-bond donors (Lipinski definition) is 2. The van der Waals surface area contributed by atoms with Crippen molar-refractivity contribution < 1.29 is 9.59 Å². The molecule has 0 aliphatic heterocycles. The van der Waals surface area contributed by atoms with Crippen LogP contribution in [0.25, 0.3) is 0 Å². The highest BCUT2D eigenvalue weighted by Gasteiger charge is 2.30. The molecule has 132 valence electrons. The van der Waals surface area contributed by atoms with E-state index >= 15 is 0 Å². The normalized spacial score (nSPS) is 21.8. The Kier molecular flexibility index (Phi) is 6.84. The van der Waals surface area contributed by atoms with Crippen LogP contribution in [0.1, 0.15) is 51.5 Å². The number of aryl methyl sites for hydroxylation is 1. The van der Waals surface area contributed by atoms with Crippen LogP contribution in [0, 0.1) is 18.8 Å². The van der Waals surface area contributed by atoms with Gasteiger partial charge in [0.1, 0.15) is 0 Å². The van der Waals surface area contributed by atoms with Crippen LogP contribution in [0.15, 0.2) is 22.7 Å². The van der Waals surface area contributed by atoms with E-state index in [2.05, 4.69) is 33.5 Å². The number of rotatable bonds is 5. The molecule has 0 saturated heterocycles. The second-order valence-electron chi connectivity index (χ2n) is 6.84. The molecular formula is C19H27BrN2O2. The first-order valence-electron chi connectivity index (χ1n) is 8.78. The summed E-state index contributed by atoms with van der Waals surface area (Å²) in [5.74, 6) is 0.241. The van der Waals surface area contributed by atoms with Gasteiger partial charge in [-0.25, -0.2) is 0 Å². The Labute approximate surface area is 152 Å². The van der Waals surface area contributed by atoms with Gasteiger partial charge in [-0.15, -0.1) is 0 Å². The van der Waals surface area contributed by atoms with Gasteiger partial charge in [0.25, 0.3) is 0 Å². The lowest BCUT2D eigenvalue weighted by Crippen LogP contribution is -2.39. The van der Waals surface area contributed by atoms with E-state index in [0.29, 0.717) is 0 Å². The second kappa shape index (κ2) is 8.65. The summed E-state index contributed by atoms with van der Waals surface area (Å²) in [5, 5.41) is 6.06. The van der Waals surface area contributed by atoms with Crippen molar-refractivity contribution in [3.63, 3.8) is 0 Å². The number of carbonyl (C=O) groups is 2. The van der Waals surface area contributed by atoms with Crippen molar-refractivity contribution >= 4 is 33.4 Å². The van der Waals surface area contributed by atoms with Crippen LogP contribution in [-0.2, 0) is 9.59 Å². The minimum atomic E-state index is -0.00847. The van der Waals surface area contributed by atoms with Crippen molar-refractivity contribution in [3.05, 3.63) is 28.2 Å². The minimum absolute atomic E-state index is 0.00847. The number of carbonyl (C=O) groups excluding carboxylic acids is 2. The van der Waals surface area contributed by atoms with E-state index in [9.17, 15) is 9.59 Å². The summed E-state index contributed by atoms with van der Waals surface area (Å²) in [6.07, 6.45) is 4.06. The molecule has 1 aliphatic carbocycles. The highest BCUT2D eigenvalue weighted by Crippen LogP contribution is 2.31. The van der Waals surface area contributed by atoms with E-state index in [-0.39, 0.29) is 29.7 Å². The Morgan fingerprint density at radius 3 is 2.29 bits per heavy atom. The van der Waals surface area contributed by atoms with Gasteiger partial charge < -0.3 is 10.6 Å². The molecule has 5 heteroatoms. The molecule has 1 fully saturated rings. The van der Waals surface area contributed by atoms with Gasteiger partial charge in [-0.05, 0) is 79.6 Å². The van der Waals surface area contributed by atoms with Crippen molar-refractivity contribution in [1.29, 1.82) is 0 Å². The van der Waals surface area contributed by atoms with Crippen LogP contribution < -0.4 is 10.6 Å². The summed E-state index contributed by atoms with van der Waals surface area (Å²) in [4.78, 5) is 24.7. The summed E-state index contributed by atoms with van der Waals surface area (Å²) in [5.41, 5.74) is 1.95. The van der Waals surface area contributed by atoms with Gasteiger partial charge >= 0.3 is 0 Å². The van der Waals surface area contributed by atoms with Crippen LogP contribution in [0.3, 0.4) is 0 Å². The molecule has 0 radical (unpaired) electrons. The first kappa shape index (κ1) is 19.0. The first-order chi connectivity index (χ1) is 11.4. The van der Waals surface area contributed by atoms with Gasteiger partial charge in [0.15, 0.2) is 0 Å². The summed E-state index contributed by atoms with van der Waals surface area (Å²) in [6, 6.07) is 6.11. The maximum Gasteiger partial charge on any atom is 0.227 e. The van der Waals surface area contributed by atoms with Crippen LogP contribution >= 0.6 is 15.9 Å². The monoisotopic (exact) mass is 394 g/mol. The van der Waals surface area contributed by atoms with Crippen molar-refractivity contribution in [3.8, 4) is 0 Å². The van der Waals surface area contributed by atoms with Crippen LogP contribution in [0.2, 0.25) is 0 Å². The molecule has 1 atom stereocenters. The number of halogens is 1. The number of nitrogens with one attached hydrogen (secondary N) is 2. The fraction of sp³-hybridized carbons (Fsp3) is 0.579. The van der Waals surface area contributed by atoms with Crippen LogP contribution in [0.5, 0.6) is 0 Å². The summed E-state index contributed by atoms with van der Waals surface area (Å²) in [7, 11) is 0. The predicted octanol–water partition coefficient (Wildman–Crippen LogP) is 4.42. The molecule has 1 saturated carbocycles. The molecule has 0 heterocycles. The summed E-state index contributed by atoms with van der Waals surface area (Å²) in [6.45, 7) is 6.11. The Hall–Kier alpha value is -1.36. The average molecular weight is 395 g/mol. The van der Waals surface area contributed by atoms with Gasteiger partial charge in [0.05, 0.1) is 5.69 Å². The van der Waals surface area contributed by atoms with Crippen LogP contribution in [0.4, 0.5) is 5.69 Å². The quantitative estimate of drug-likeness (QED) is 0.776. The topological polar surface area (TPSA) is 58.2 Å². The first-order valence-corrected chi connectivity index (χ1v) is 9.57. The smallest absolute Gasteiger partial charge is 0.227 e. The van der Waals surface area contributed by atoms with E-state index < -0.39 is 0 Å². The molecule has 4 nitrogen and oxygen atoms in total. The van der Waals surface area contributed by atoms with E-state index in [1.807, 2.05) is 32.0 Å². The number of amides is 2. The SMILES string of the molecule is CCC(C)NC(=O)C1CCC(C(=O)Nc2ccc(C)cc2Br)CC1. The Bertz CT molecular complexity index is 595. The molecule has 1 aromatic rings. The predicted molar refractivity (Wildman–Crippen MR) is 101 cm³/mol. The molecule has 24 heavy (non-hydrogen) atoms. The molecule has 2 rings (SSSR count). The Morgan fingerprint density at radius 1 is 1.17 bits per heavy atom. The molecule has 2 N–H and O–H groups in total. The van der Waals surface area contributed by atoms with Gasteiger partial charge in [-0.1, -0.05) is 13.0 Å². The van der Waals surface area contributed by atoms with Crippen molar-refractivity contribution in [2.75, 3.05) is 5.32 Å². The average Bonchev–Trinajstić information content (AvgIpc) is 2.57. The fourth-order valence-corrected chi connectivity index (χ4v) is 3.63. The zero-order chi connectivity index (χ0) is 17.7. The maximum atomic E-state index is 12.5. The zero-order valence-electron chi connectivity index (χ0n) is 14.7. The second-order valence-corrected chi connectivity index (χ2v) is 7.69. The van der Waals surface area contributed by atoms with E-state index in [1.165, 1.54) is 0 Å². The van der Waals surface area contributed by atoms with Crippen molar-refractivity contribution in [2.45, 2.75) is 58.9 Å². The highest BCUT2D eigenvalue weighted by atomic mass is 79.9. The van der Waals surface area contributed by atoms with Crippen molar-refractivity contribution in [2.24, 2.45) is 11.8 Å². The number of benzene rings is 1. The molecule has 0 bridgehead atoms. The van der Waals surface area contributed by atoms with Crippen LogP contribution in [-0.4, -0.2) is 17.9 Å². The zero-order valence-corrected chi connectivity index (χ0v) is 16.3. The third kappa shape index (κ3) is 5.07. The third-order valence-corrected chi connectivity index (χ3v) is 5.51. The largest absolute Gasteiger partial charge is 0.353 e. The summed E-state index contributed by atoms with van der Waals surface area (Å²) < 4.78 is 0.900. The van der Waals surface area contributed by atoms with Gasteiger partial charge in [0, 0.05) is 22.4 Å². The molecular weight excluding hydrogens is 368 g/mol. The molecule has 1 aliphatic rings. The molecule has 2 amide bonds. The lowest BCUT2D eigenvalue weighted by Gasteiger charge is -2.28. The van der Waals surface area contributed by atoms with Gasteiger partial charge in [-0.2, -0.15) is 0 Å². The molecule has 0 aromatic heterocycles. The number of hydrogen-bond acceptors (Lipinski definition) is 2. The fourth-order valence-electron chi connectivity index (χ4n) is 3.04. The minimum Gasteiger partial charge on any atom is -0.353 e.